The Morgan fingerprint density at radius 3 is 2.60 bits per heavy atom. The number of anilines is 1. The highest BCUT2D eigenvalue weighted by molar-refractivity contribution is 7.99. The zero-order valence-electron chi connectivity index (χ0n) is 17.4. The van der Waals surface area contributed by atoms with Gasteiger partial charge in [-0.2, -0.15) is 0 Å². The molecule has 0 bridgehead atoms. The average molecular weight is 450 g/mol. The van der Waals surface area contributed by atoms with Crippen LogP contribution >= 0.6 is 23.4 Å². The Kier molecular flexibility index (Phi) is 8.16. The van der Waals surface area contributed by atoms with Crippen LogP contribution in [-0.4, -0.2) is 38.4 Å². The zero-order valence-corrected chi connectivity index (χ0v) is 18.9. The summed E-state index contributed by atoms with van der Waals surface area (Å²) in [4.78, 5) is 24.7. The first kappa shape index (κ1) is 22.6. The van der Waals surface area contributed by atoms with Gasteiger partial charge in [0.25, 0.3) is 0 Å². The molecule has 2 N–H and O–H groups in total. The summed E-state index contributed by atoms with van der Waals surface area (Å²) in [6, 6.07) is 7.21. The normalized spacial score (nSPS) is 18.8. The molecule has 9 heteroatoms. The Hall–Kier alpha value is -2.06. The van der Waals surface area contributed by atoms with Crippen LogP contribution in [0, 0.1) is 5.92 Å². The van der Waals surface area contributed by atoms with Crippen LogP contribution in [0.3, 0.4) is 0 Å². The Morgan fingerprint density at radius 2 is 1.90 bits per heavy atom. The maximum absolute atomic E-state index is 12.4. The summed E-state index contributed by atoms with van der Waals surface area (Å²) < 4.78 is 1.88. The highest BCUT2D eigenvalue weighted by Crippen LogP contribution is 2.24. The van der Waals surface area contributed by atoms with Gasteiger partial charge < -0.3 is 15.2 Å². The SMILES string of the molecule is CCn1c(CC(=O)Nc2ccc(Cl)cc2)nnc1SCC(=O)N[C@H]1CCCC[C@H]1C. The van der Waals surface area contributed by atoms with Crippen LogP contribution < -0.4 is 10.6 Å². The minimum Gasteiger partial charge on any atom is -0.352 e. The third-order valence-electron chi connectivity index (χ3n) is 5.35. The van der Waals surface area contributed by atoms with Crippen molar-refractivity contribution in [3.05, 3.63) is 35.1 Å². The molecular formula is C21H28ClN5O2S. The van der Waals surface area contributed by atoms with Crippen molar-refractivity contribution in [3.8, 4) is 0 Å². The van der Waals surface area contributed by atoms with Crippen molar-refractivity contribution in [2.45, 2.75) is 63.7 Å². The number of amides is 2. The van der Waals surface area contributed by atoms with Crippen molar-refractivity contribution in [1.82, 2.24) is 20.1 Å². The zero-order chi connectivity index (χ0) is 21.5. The van der Waals surface area contributed by atoms with E-state index in [1.54, 1.807) is 24.3 Å². The summed E-state index contributed by atoms with van der Waals surface area (Å²) in [7, 11) is 0. The second-order valence-corrected chi connectivity index (χ2v) is 8.98. The number of hydrogen-bond acceptors (Lipinski definition) is 5. The molecule has 0 radical (unpaired) electrons. The van der Waals surface area contributed by atoms with E-state index in [9.17, 15) is 9.59 Å². The lowest BCUT2D eigenvalue weighted by Crippen LogP contribution is -2.41. The third kappa shape index (κ3) is 6.22. The number of nitrogens with zero attached hydrogens (tertiary/aromatic N) is 3. The van der Waals surface area contributed by atoms with Gasteiger partial charge in [0.15, 0.2) is 5.16 Å². The lowest BCUT2D eigenvalue weighted by molar-refractivity contribution is -0.120. The van der Waals surface area contributed by atoms with Gasteiger partial charge in [-0.25, -0.2) is 0 Å². The van der Waals surface area contributed by atoms with Gasteiger partial charge in [0.05, 0.1) is 12.2 Å². The van der Waals surface area contributed by atoms with Crippen molar-refractivity contribution in [2.24, 2.45) is 5.92 Å². The molecular weight excluding hydrogens is 422 g/mol. The lowest BCUT2D eigenvalue weighted by Gasteiger charge is -2.29. The fourth-order valence-corrected chi connectivity index (χ4v) is 4.62. The molecule has 0 saturated heterocycles. The number of thioether (sulfide) groups is 1. The van der Waals surface area contributed by atoms with Crippen LogP contribution in [-0.2, 0) is 22.6 Å². The molecule has 2 aromatic rings. The Morgan fingerprint density at radius 1 is 1.17 bits per heavy atom. The predicted octanol–water partition coefficient (Wildman–Crippen LogP) is 3.92. The molecule has 30 heavy (non-hydrogen) atoms. The van der Waals surface area contributed by atoms with Crippen LogP contribution in [0.4, 0.5) is 5.69 Å². The molecule has 1 saturated carbocycles. The fourth-order valence-electron chi connectivity index (χ4n) is 3.67. The average Bonchev–Trinajstić information content (AvgIpc) is 3.11. The first-order chi connectivity index (χ1) is 14.5. The van der Waals surface area contributed by atoms with E-state index in [-0.39, 0.29) is 24.3 Å². The molecule has 1 heterocycles. The van der Waals surface area contributed by atoms with Gasteiger partial charge in [0.1, 0.15) is 5.82 Å². The molecule has 7 nitrogen and oxygen atoms in total. The summed E-state index contributed by atoms with van der Waals surface area (Å²) in [6.07, 6.45) is 4.75. The molecule has 162 valence electrons. The molecule has 1 aliphatic carbocycles. The number of carbonyl (C=O) groups excluding carboxylic acids is 2. The fraction of sp³-hybridized carbons (Fsp3) is 0.524. The molecule has 1 fully saturated rings. The minimum absolute atomic E-state index is 0.0198. The standard InChI is InChI=1S/C21H28ClN5O2S/c1-3-27-18(12-19(28)23-16-10-8-15(22)9-11-16)25-26-21(27)30-13-20(29)24-17-7-5-4-6-14(17)2/h8-11,14,17H,3-7,12-13H2,1-2H3,(H,23,28)(H,24,29)/t14-,17+/m1/s1. The van der Waals surface area contributed by atoms with Crippen molar-refractivity contribution in [2.75, 3.05) is 11.1 Å². The number of nitrogens with one attached hydrogen (secondary N) is 2. The lowest BCUT2D eigenvalue weighted by atomic mass is 9.86. The summed E-state index contributed by atoms with van der Waals surface area (Å²) in [5, 5.41) is 15.6. The van der Waals surface area contributed by atoms with Crippen LogP contribution in [0.15, 0.2) is 29.4 Å². The van der Waals surface area contributed by atoms with Crippen molar-refractivity contribution < 1.29 is 9.59 Å². The molecule has 2 atom stereocenters. The van der Waals surface area contributed by atoms with Crippen LogP contribution in [0.1, 0.15) is 45.4 Å². The Bertz CT molecular complexity index is 871. The van der Waals surface area contributed by atoms with E-state index < -0.39 is 0 Å². The third-order valence-corrected chi connectivity index (χ3v) is 6.57. The molecule has 0 unspecified atom stereocenters. The topological polar surface area (TPSA) is 88.9 Å². The predicted molar refractivity (Wildman–Crippen MR) is 120 cm³/mol. The summed E-state index contributed by atoms with van der Waals surface area (Å²) in [5.74, 6) is 1.23. The van der Waals surface area contributed by atoms with Gasteiger partial charge in [0.2, 0.25) is 11.8 Å². The van der Waals surface area contributed by atoms with E-state index in [2.05, 4.69) is 27.8 Å². The van der Waals surface area contributed by atoms with E-state index in [1.807, 2.05) is 11.5 Å². The van der Waals surface area contributed by atoms with Crippen LogP contribution in [0.2, 0.25) is 5.02 Å². The maximum atomic E-state index is 12.4. The first-order valence-electron chi connectivity index (χ1n) is 10.4. The van der Waals surface area contributed by atoms with Gasteiger partial charge in [-0.15, -0.1) is 10.2 Å². The molecule has 1 aromatic heterocycles. The molecule has 0 aliphatic heterocycles. The van der Waals surface area contributed by atoms with Crippen molar-refractivity contribution >= 4 is 40.9 Å². The smallest absolute Gasteiger partial charge is 0.232 e. The number of aromatic nitrogens is 3. The maximum Gasteiger partial charge on any atom is 0.232 e. The van der Waals surface area contributed by atoms with Crippen molar-refractivity contribution in [3.63, 3.8) is 0 Å². The number of hydrogen-bond donors (Lipinski definition) is 2. The first-order valence-corrected chi connectivity index (χ1v) is 11.7. The number of carbonyl (C=O) groups is 2. The van der Waals surface area contributed by atoms with E-state index in [1.165, 1.54) is 31.0 Å². The number of halogens is 1. The van der Waals surface area contributed by atoms with Gasteiger partial charge in [-0.05, 0) is 49.9 Å². The van der Waals surface area contributed by atoms with Gasteiger partial charge in [0, 0.05) is 23.3 Å². The minimum atomic E-state index is -0.181. The molecule has 2 amide bonds. The molecule has 3 rings (SSSR count). The monoisotopic (exact) mass is 449 g/mol. The largest absolute Gasteiger partial charge is 0.352 e. The second kappa shape index (κ2) is 10.8. The summed E-state index contributed by atoms with van der Waals surface area (Å²) >= 11 is 7.22. The van der Waals surface area contributed by atoms with Gasteiger partial charge in [-0.3, -0.25) is 9.59 Å². The summed E-state index contributed by atoms with van der Waals surface area (Å²) in [6.45, 7) is 4.80. The van der Waals surface area contributed by atoms with Crippen LogP contribution in [0.25, 0.3) is 0 Å². The highest BCUT2D eigenvalue weighted by atomic mass is 35.5. The summed E-state index contributed by atoms with van der Waals surface area (Å²) in [5.41, 5.74) is 0.676. The number of rotatable bonds is 8. The Labute approximate surface area is 186 Å². The van der Waals surface area contributed by atoms with Gasteiger partial charge in [-0.1, -0.05) is 43.1 Å². The van der Waals surface area contributed by atoms with E-state index in [0.29, 0.717) is 39.9 Å². The quantitative estimate of drug-likeness (QED) is 0.596. The highest BCUT2D eigenvalue weighted by Gasteiger charge is 2.23. The number of benzene rings is 1. The van der Waals surface area contributed by atoms with Crippen molar-refractivity contribution in [1.29, 1.82) is 0 Å². The Balaban J connectivity index is 1.53. The van der Waals surface area contributed by atoms with E-state index in [4.69, 9.17) is 11.6 Å². The second-order valence-electron chi connectivity index (χ2n) is 7.60. The molecule has 0 spiro atoms. The molecule has 1 aliphatic rings. The van der Waals surface area contributed by atoms with Crippen LogP contribution in [0.5, 0.6) is 0 Å². The van der Waals surface area contributed by atoms with Gasteiger partial charge >= 0.3 is 0 Å². The van der Waals surface area contributed by atoms with E-state index >= 15 is 0 Å². The van der Waals surface area contributed by atoms with E-state index in [0.717, 1.165) is 6.42 Å². The molecule has 1 aromatic carbocycles.